The van der Waals surface area contributed by atoms with Crippen LogP contribution in [0.1, 0.15) is 18.9 Å². The number of hydrogen-bond acceptors (Lipinski definition) is 4. The Bertz CT molecular complexity index is 843. The van der Waals surface area contributed by atoms with Gasteiger partial charge in [-0.15, -0.1) is 24.0 Å². The van der Waals surface area contributed by atoms with Gasteiger partial charge >= 0.3 is 0 Å². The topological polar surface area (TPSA) is 72.1 Å². The van der Waals surface area contributed by atoms with Gasteiger partial charge in [0.25, 0.3) is 0 Å². The summed E-state index contributed by atoms with van der Waals surface area (Å²) in [6, 6.07) is 14.6. The van der Waals surface area contributed by atoms with Crippen molar-refractivity contribution in [3.05, 3.63) is 48.0 Å². The molecule has 2 aliphatic heterocycles. The van der Waals surface area contributed by atoms with E-state index in [0.29, 0.717) is 25.7 Å². The number of nitrogens with zero attached hydrogens (tertiary/aromatic N) is 2. The van der Waals surface area contributed by atoms with Gasteiger partial charge in [0.2, 0.25) is 0 Å². The summed E-state index contributed by atoms with van der Waals surface area (Å²) in [6.45, 7) is 5.20. The van der Waals surface area contributed by atoms with Gasteiger partial charge in [0.15, 0.2) is 17.5 Å². The smallest absolute Gasteiger partial charge is 0.193 e. The minimum Gasteiger partial charge on any atom is -0.490 e. The first-order valence-corrected chi connectivity index (χ1v) is 9.52. The maximum Gasteiger partial charge on any atom is 0.193 e. The molecule has 1 atom stereocenters. The minimum absolute atomic E-state index is 0. The Morgan fingerprint density at radius 1 is 1.18 bits per heavy atom. The maximum atomic E-state index is 6.10. The third kappa shape index (κ3) is 4.63. The van der Waals surface area contributed by atoms with Crippen LogP contribution >= 0.6 is 24.0 Å². The third-order valence-corrected chi connectivity index (χ3v) is 5.00. The van der Waals surface area contributed by atoms with Gasteiger partial charge in [-0.2, -0.15) is 0 Å². The Hall–Kier alpha value is -2.16. The number of nitrogens with two attached hydrogens (primary N) is 1. The van der Waals surface area contributed by atoms with Gasteiger partial charge in [0.1, 0.15) is 0 Å². The summed E-state index contributed by atoms with van der Waals surface area (Å²) >= 11 is 0. The van der Waals surface area contributed by atoms with Crippen molar-refractivity contribution in [3.63, 3.8) is 0 Å². The van der Waals surface area contributed by atoms with Crippen molar-refractivity contribution in [2.45, 2.75) is 25.8 Å². The molecule has 0 saturated heterocycles. The van der Waals surface area contributed by atoms with Crippen LogP contribution in [0.3, 0.4) is 0 Å². The van der Waals surface area contributed by atoms with Crippen LogP contribution < -0.4 is 25.4 Å². The Kier molecular flexibility index (Phi) is 6.88. The van der Waals surface area contributed by atoms with Crippen molar-refractivity contribution < 1.29 is 9.47 Å². The first-order chi connectivity index (χ1) is 13.2. The van der Waals surface area contributed by atoms with Crippen LogP contribution in [-0.2, 0) is 6.42 Å². The van der Waals surface area contributed by atoms with Crippen molar-refractivity contribution in [2.24, 2.45) is 10.7 Å². The second-order valence-corrected chi connectivity index (χ2v) is 6.98. The molecule has 2 aliphatic rings. The summed E-state index contributed by atoms with van der Waals surface area (Å²) in [5, 5.41) is 3.15. The molecular formula is C21H27IN4O2. The number of nitrogens with one attached hydrogen (secondary N) is 1. The second kappa shape index (κ2) is 9.36. The molecule has 2 aromatic rings. The average molecular weight is 494 g/mol. The number of benzene rings is 2. The summed E-state index contributed by atoms with van der Waals surface area (Å²) in [6.07, 6.45) is 1.98. The lowest BCUT2D eigenvalue weighted by atomic mass is 10.2. The number of aliphatic imine (C=N–C) groups is 1. The van der Waals surface area contributed by atoms with Crippen molar-refractivity contribution >= 4 is 41.3 Å². The van der Waals surface area contributed by atoms with Crippen molar-refractivity contribution in [3.8, 4) is 11.5 Å². The maximum absolute atomic E-state index is 6.10. The van der Waals surface area contributed by atoms with E-state index in [9.17, 15) is 0 Å². The normalized spacial score (nSPS) is 16.6. The zero-order valence-electron chi connectivity index (χ0n) is 16.1. The molecule has 150 valence electrons. The molecular weight excluding hydrogens is 467 g/mol. The highest BCUT2D eigenvalue weighted by Crippen LogP contribution is 2.32. The molecule has 1 unspecified atom stereocenters. The number of fused-ring (bicyclic) bond motifs is 2. The van der Waals surface area contributed by atoms with Crippen LogP contribution in [0.25, 0.3) is 0 Å². The predicted octanol–water partition coefficient (Wildman–Crippen LogP) is 3.64. The Morgan fingerprint density at radius 2 is 1.96 bits per heavy atom. The van der Waals surface area contributed by atoms with Crippen LogP contribution in [0.15, 0.2) is 47.5 Å². The summed E-state index contributed by atoms with van der Waals surface area (Å²) in [5.41, 5.74) is 9.67. The SMILES string of the molecule is CC(CN=C(N)Nc1ccc2c(c1)OCCCO2)N1CCc2ccccc21.I. The van der Waals surface area contributed by atoms with E-state index in [1.807, 2.05) is 18.2 Å². The molecule has 0 aliphatic carbocycles. The molecule has 0 fully saturated rings. The van der Waals surface area contributed by atoms with Crippen LogP contribution in [0.5, 0.6) is 11.5 Å². The van der Waals surface area contributed by atoms with Gasteiger partial charge in [-0.3, -0.25) is 4.99 Å². The number of halogens is 1. The standard InChI is InChI=1S/C21H26N4O2.HI/c1-15(25-10-9-16-5-2-3-6-18(16)25)14-23-21(22)24-17-7-8-19-20(13-17)27-12-4-11-26-19;/h2-3,5-8,13,15H,4,9-12,14H2,1H3,(H3,22,23,24);1H. The number of ether oxygens (including phenoxy) is 2. The molecule has 3 N–H and O–H groups in total. The Balaban J connectivity index is 0.00000225. The third-order valence-electron chi connectivity index (χ3n) is 5.00. The van der Waals surface area contributed by atoms with E-state index in [-0.39, 0.29) is 30.0 Å². The monoisotopic (exact) mass is 494 g/mol. The van der Waals surface area contributed by atoms with E-state index >= 15 is 0 Å². The first-order valence-electron chi connectivity index (χ1n) is 9.52. The zero-order chi connectivity index (χ0) is 18.6. The quantitative estimate of drug-likeness (QED) is 0.386. The molecule has 0 saturated carbocycles. The number of guanidine groups is 1. The fourth-order valence-electron chi connectivity index (χ4n) is 3.58. The molecule has 2 aromatic carbocycles. The molecule has 0 spiro atoms. The second-order valence-electron chi connectivity index (χ2n) is 6.98. The molecule has 2 heterocycles. The summed E-state index contributed by atoms with van der Waals surface area (Å²) in [5.74, 6) is 1.92. The van der Waals surface area contributed by atoms with Gasteiger partial charge in [0.05, 0.1) is 19.8 Å². The summed E-state index contributed by atoms with van der Waals surface area (Å²) in [7, 11) is 0. The Labute approximate surface area is 183 Å². The van der Waals surface area contributed by atoms with Crippen LogP contribution in [-0.4, -0.2) is 38.3 Å². The number of para-hydroxylation sites is 1. The first kappa shape index (κ1) is 20.6. The van der Waals surface area contributed by atoms with Crippen LogP contribution in [0, 0.1) is 0 Å². The lowest BCUT2D eigenvalue weighted by molar-refractivity contribution is 0.297. The lowest BCUT2D eigenvalue weighted by Crippen LogP contribution is -2.35. The fourth-order valence-corrected chi connectivity index (χ4v) is 3.58. The van der Waals surface area contributed by atoms with E-state index < -0.39 is 0 Å². The molecule has 7 heteroatoms. The van der Waals surface area contributed by atoms with Crippen molar-refractivity contribution in [2.75, 3.05) is 36.5 Å². The fraction of sp³-hybridized carbons (Fsp3) is 0.381. The lowest BCUT2D eigenvalue weighted by Gasteiger charge is -2.26. The molecule has 4 rings (SSSR count). The Morgan fingerprint density at radius 3 is 2.82 bits per heavy atom. The summed E-state index contributed by atoms with van der Waals surface area (Å²) in [4.78, 5) is 6.94. The molecule has 0 radical (unpaired) electrons. The minimum atomic E-state index is 0. The number of anilines is 2. The van der Waals surface area contributed by atoms with E-state index in [0.717, 1.165) is 36.6 Å². The van der Waals surface area contributed by atoms with Gasteiger partial charge in [0, 0.05) is 36.4 Å². The van der Waals surface area contributed by atoms with Crippen LogP contribution in [0.4, 0.5) is 11.4 Å². The van der Waals surface area contributed by atoms with Gasteiger partial charge in [-0.25, -0.2) is 0 Å². The largest absolute Gasteiger partial charge is 0.490 e. The summed E-state index contributed by atoms with van der Waals surface area (Å²) < 4.78 is 11.4. The molecule has 0 aromatic heterocycles. The van der Waals surface area contributed by atoms with Gasteiger partial charge in [-0.1, -0.05) is 18.2 Å². The number of rotatable bonds is 4. The van der Waals surface area contributed by atoms with Crippen LogP contribution in [0.2, 0.25) is 0 Å². The molecule has 6 nitrogen and oxygen atoms in total. The van der Waals surface area contributed by atoms with E-state index in [2.05, 4.69) is 46.4 Å². The molecule has 0 amide bonds. The van der Waals surface area contributed by atoms with E-state index in [4.69, 9.17) is 15.2 Å². The highest BCUT2D eigenvalue weighted by atomic mass is 127. The van der Waals surface area contributed by atoms with Crippen molar-refractivity contribution in [1.29, 1.82) is 0 Å². The predicted molar refractivity (Wildman–Crippen MR) is 125 cm³/mol. The van der Waals surface area contributed by atoms with Gasteiger partial charge < -0.3 is 25.4 Å². The average Bonchev–Trinajstić information content (AvgIpc) is 2.97. The highest BCUT2D eigenvalue weighted by Gasteiger charge is 2.22. The number of hydrogen-bond donors (Lipinski definition) is 2. The molecule has 0 bridgehead atoms. The molecule has 28 heavy (non-hydrogen) atoms. The van der Waals surface area contributed by atoms with E-state index in [1.54, 1.807) is 0 Å². The van der Waals surface area contributed by atoms with Crippen molar-refractivity contribution in [1.82, 2.24) is 0 Å². The zero-order valence-corrected chi connectivity index (χ0v) is 18.4. The van der Waals surface area contributed by atoms with E-state index in [1.165, 1.54) is 11.3 Å². The highest BCUT2D eigenvalue weighted by molar-refractivity contribution is 14.0. The van der Waals surface area contributed by atoms with Gasteiger partial charge in [-0.05, 0) is 37.1 Å².